The number of hydrogen-bond acceptors (Lipinski definition) is 2. The summed E-state index contributed by atoms with van der Waals surface area (Å²) >= 11 is 0. The Bertz CT molecular complexity index is 367. The average Bonchev–Trinajstić information content (AvgIpc) is 2.53. The monoisotopic (exact) mass is 344 g/mol. The van der Waals surface area contributed by atoms with Gasteiger partial charge in [0.05, 0.1) is 6.61 Å². The van der Waals surface area contributed by atoms with Gasteiger partial charge in [-0.05, 0) is 12.0 Å². The maximum absolute atomic E-state index is 8.74. The van der Waals surface area contributed by atoms with Crippen LogP contribution in [-0.2, 0) is 15.9 Å². The molecule has 0 unspecified atom stereocenters. The van der Waals surface area contributed by atoms with E-state index in [1.165, 1.54) is 63.4 Å². The summed E-state index contributed by atoms with van der Waals surface area (Å²) < 4.78 is 14.4. The van der Waals surface area contributed by atoms with Gasteiger partial charge in [0.2, 0.25) is 0 Å². The van der Waals surface area contributed by atoms with Crippen LogP contribution in [0.2, 0.25) is 0 Å². The number of unbranched alkanes of at least 4 members (excludes halogenated alkanes) is 8. The fraction of sp³-hybridized carbons (Fsp3) is 0.667. The molecule has 1 aromatic carbocycles. The quantitative estimate of drug-likeness (QED) is 0.409. The van der Waals surface area contributed by atoms with E-state index in [0.29, 0.717) is 0 Å². The van der Waals surface area contributed by atoms with Gasteiger partial charge in [0.15, 0.2) is 0 Å². The molecule has 0 radical (unpaired) electrons. The van der Waals surface area contributed by atoms with Crippen molar-refractivity contribution in [3.8, 4) is 0 Å². The van der Waals surface area contributed by atoms with Crippen LogP contribution in [0.1, 0.15) is 70.3 Å². The largest absolute Gasteiger partial charge is 0.377 e. The molecule has 0 aliphatic carbocycles. The van der Waals surface area contributed by atoms with E-state index in [0.717, 1.165) is 13.2 Å². The van der Waals surface area contributed by atoms with Crippen molar-refractivity contribution in [2.75, 3.05) is 6.61 Å². The highest BCUT2D eigenvalue weighted by Crippen LogP contribution is 2.10. The molecule has 5 heteroatoms. The molecule has 0 aromatic heterocycles. The standard InChI is InChI=1S/C18H30O.H3O3P/c1-2-3-4-5-6-7-8-9-13-16-19-17-18-14-11-10-12-15-18;1-4(2)3/h10-12,14-15H,2-9,13,16-17H2,1H3;4H,(H2,1,2,3). The topological polar surface area (TPSA) is 66.8 Å². The Morgan fingerprint density at radius 3 is 1.87 bits per heavy atom. The zero-order valence-corrected chi connectivity index (χ0v) is 15.4. The van der Waals surface area contributed by atoms with Crippen LogP contribution in [0.5, 0.6) is 0 Å². The molecule has 0 aliphatic rings. The van der Waals surface area contributed by atoms with Gasteiger partial charge in [-0.1, -0.05) is 88.6 Å². The Hall–Kier alpha value is -0.670. The van der Waals surface area contributed by atoms with Crippen LogP contribution in [-0.4, -0.2) is 16.4 Å². The zero-order chi connectivity index (χ0) is 17.2. The molecule has 1 aromatic rings. The van der Waals surface area contributed by atoms with Crippen LogP contribution in [0, 0.1) is 0 Å². The van der Waals surface area contributed by atoms with Crippen LogP contribution >= 0.6 is 8.25 Å². The zero-order valence-electron chi connectivity index (χ0n) is 14.4. The third-order valence-electron chi connectivity index (χ3n) is 3.50. The number of hydrogen-bond donors (Lipinski definition) is 2. The molecule has 0 amide bonds. The molecule has 0 spiro atoms. The van der Waals surface area contributed by atoms with Crippen molar-refractivity contribution in [1.82, 2.24) is 0 Å². The Kier molecular flexibility index (Phi) is 17.2. The molecule has 1 rings (SSSR count). The second-order valence-electron chi connectivity index (χ2n) is 5.65. The highest BCUT2D eigenvalue weighted by Gasteiger charge is 1.94. The molecule has 0 saturated heterocycles. The molecule has 2 N–H and O–H groups in total. The van der Waals surface area contributed by atoms with Crippen LogP contribution in [0.25, 0.3) is 0 Å². The van der Waals surface area contributed by atoms with Gasteiger partial charge in [-0.2, -0.15) is 0 Å². The minimum absolute atomic E-state index is 0.762. The van der Waals surface area contributed by atoms with Gasteiger partial charge >= 0.3 is 8.25 Å². The summed E-state index contributed by atoms with van der Waals surface area (Å²) in [5, 5.41) is 0. The predicted octanol–water partition coefficient (Wildman–Crippen LogP) is 5.09. The lowest BCUT2D eigenvalue weighted by Crippen LogP contribution is -1.95. The molecule has 134 valence electrons. The summed E-state index contributed by atoms with van der Waals surface area (Å²) in [5.74, 6) is 0. The Morgan fingerprint density at radius 1 is 0.870 bits per heavy atom. The van der Waals surface area contributed by atoms with E-state index in [-0.39, 0.29) is 0 Å². The van der Waals surface area contributed by atoms with E-state index in [9.17, 15) is 0 Å². The van der Waals surface area contributed by atoms with E-state index >= 15 is 0 Å². The first kappa shape index (κ1) is 22.3. The predicted molar refractivity (Wildman–Crippen MR) is 96.8 cm³/mol. The molecule has 0 heterocycles. The molecule has 0 fully saturated rings. The first-order valence-electron chi connectivity index (χ1n) is 8.70. The smallest absolute Gasteiger partial charge is 0.314 e. The summed E-state index contributed by atoms with van der Waals surface area (Å²) in [6.07, 6.45) is 12.3. The van der Waals surface area contributed by atoms with Gasteiger partial charge in [-0.3, -0.25) is 4.57 Å². The van der Waals surface area contributed by atoms with E-state index in [4.69, 9.17) is 19.1 Å². The van der Waals surface area contributed by atoms with Gasteiger partial charge in [0, 0.05) is 6.61 Å². The molecular weight excluding hydrogens is 311 g/mol. The van der Waals surface area contributed by atoms with Crippen LogP contribution in [0.15, 0.2) is 30.3 Å². The van der Waals surface area contributed by atoms with Crippen molar-refractivity contribution < 1.29 is 19.1 Å². The SMILES string of the molecule is CCCCCCCCCCCOCc1ccccc1.O=[PH](O)O. The van der Waals surface area contributed by atoms with E-state index in [1.54, 1.807) is 0 Å². The molecule has 0 bridgehead atoms. The lowest BCUT2D eigenvalue weighted by atomic mass is 10.1. The first-order chi connectivity index (χ1) is 11.2. The molecule has 4 nitrogen and oxygen atoms in total. The number of rotatable bonds is 12. The van der Waals surface area contributed by atoms with Gasteiger partial charge in [-0.25, -0.2) is 0 Å². The summed E-state index contributed by atoms with van der Waals surface area (Å²) in [5.41, 5.74) is 1.28. The summed E-state index contributed by atoms with van der Waals surface area (Å²) in [4.78, 5) is 14.3. The van der Waals surface area contributed by atoms with Gasteiger partial charge in [-0.15, -0.1) is 0 Å². The van der Waals surface area contributed by atoms with Crippen molar-refractivity contribution in [2.24, 2.45) is 0 Å². The molecule has 0 aliphatic heterocycles. The van der Waals surface area contributed by atoms with Crippen molar-refractivity contribution in [2.45, 2.75) is 71.3 Å². The second kappa shape index (κ2) is 17.7. The van der Waals surface area contributed by atoms with Crippen LogP contribution < -0.4 is 0 Å². The normalized spacial score (nSPS) is 10.4. The van der Waals surface area contributed by atoms with E-state index in [2.05, 4.69) is 31.2 Å². The lowest BCUT2D eigenvalue weighted by molar-refractivity contribution is 0.116. The van der Waals surface area contributed by atoms with Crippen LogP contribution in [0.3, 0.4) is 0 Å². The van der Waals surface area contributed by atoms with E-state index < -0.39 is 8.25 Å². The first-order valence-corrected chi connectivity index (χ1v) is 10.0. The van der Waals surface area contributed by atoms with Crippen LogP contribution in [0.4, 0.5) is 0 Å². The minimum atomic E-state index is -3.13. The molecule has 0 atom stereocenters. The van der Waals surface area contributed by atoms with Gasteiger partial charge in [0.25, 0.3) is 0 Å². The average molecular weight is 344 g/mol. The molecule has 23 heavy (non-hydrogen) atoms. The number of ether oxygens (including phenoxy) is 1. The highest BCUT2D eigenvalue weighted by atomic mass is 31.1. The van der Waals surface area contributed by atoms with Crippen molar-refractivity contribution in [1.29, 1.82) is 0 Å². The second-order valence-corrected chi connectivity index (χ2v) is 6.21. The van der Waals surface area contributed by atoms with Crippen molar-refractivity contribution >= 4 is 8.25 Å². The third kappa shape index (κ3) is 19.3. The lowest BCUT2D eigenvalue weighted by Gasteiger charge is -2.04. The number of benzene rings is 1. The van der Waals surface area contributed by atoms with Crippen molar-refractivity contribution in [3.63, 3.8) is 0 Å². The molecular formula is C18H33O4P. The maximum Gasteiger partial charge on any atom is 0.314 e. The third-order valence-corrected chi connectivity index (χ3v) is 3.50. The Morgan fingerprint density at radius 2 is 1.35 bits per heavy atom. The highest BCUT2D eigenvalue weighted by molar-refractivity contribution is 7.30. The van der Waals surface area contributed by atoms with Gasteiger partial charge < -0.3 is 14.5 Å². The van der Waals surface area contributed by atoms with Crippen molar-refractivity contribution in [3.05, 3.63) is 35.9 Å². The summed E-state index contributed by atoms with van der Waals surface area (Å²) in [6.45, 7) is 3.94. The van der Waals surface area contributed by atoms with E-state index in [1.807, 2.05) is 6.07 Å². The minimum Gasteiger partial charge on any atom is -0.377 e. The maximum atomic E-state index is 8.74. The molecule has 0 saturated carbocycles. The Labute approximate surface area is 141 Å². The Balaban J connectivity index is 0.00000108. The fourth-order valence-corrected chi connectivity index (χ4v) is 2.28. The fourth-order valence-electron chi connectivity index (χ4n) is 2.28. The van der Waals surface area contributed by atoms with Gasteiger partial charge in [0.1, 0.15) is 0 Å². The summed E-state index contributed by atoms with van der Waals surface area (Å²) in [6, 6.07) is 10.4. The summed E-state index contributed by atoms with van der Waals surface area (Å²) in [7, 11) is -3.13.